The quantitative estimate of drug-likeness (QED) is 0.381. The molecular weight excluding hydrogens is 431 g/mol. The zero-order chi connectivity index (χ0) is 22.6. The normalized spacial score (nSPS) is 11.4. The molecule has 2 heterocycles. The Bertz CT molecular complexity index is 1350. The number of aromatic nitrogens is 2. The van der Waals surface area contributed by atoms with Crippen molar-refractivity contribution in [2.45, 2.75) is 18.7 Å². The molecule has 0 aliphatic rings. The maximum atomic E-state index is 14.2. The molecule has 164 valence electrons. The first-order valence-corrected chi connectivity index (χ1v) is 11.5. The second kappa shape index (κ2) is 9.19. The van der Waals surface area contributed by atoms with Gasteiger partial charge in [0.1, 0.15) is 5.82 Å². The number of rotatable bonds is 8. The van der Waals surface area contributed by atoms with Crippen LogP contribution in [0.1, 0.15) is 16.8 Å². The van der Waals surface area contributed by atoms with Crippen molar-refractivity contribution in [3.8, 4) is 0 Å². The molecular formula is C23H21FN4O3S. The van der Waals surface area contributed by atoms with Gasteiger partial charge in [-0.2, -0.15) is 0 Å². The summed E-state index contributed by atoms with van der Waals surface area (Å²) >= 11 is 0. The monoisotopic (exact) mass is 452 g/mol. The number of hydrogen-bond acceptors (Lipinski definition) is 4. The number of benzene rings is 2. The van der Waals surface area contributed by atoms with Crippen molar-refractivity contribution in [2.24, 2.45) is 0 Å². The van der Waals surface area contributed by atoms with E-state index in [4.69, 9.17) is 0 Å². The number of nitrogens with one attached hydrogen (secondary N) is 3. The molecule has 0 spiro atoms. The molecule has 7 nitrogen and oxygen atoms in total. The van der Waals surface area contributed by atoms with Crippen LogP contribution >= 0.6 is 0 Å². The zero-order valence-electron chi connectivity index (χ0n) is 17.0. The molecule has 3 N–H and O–H groups in total. The molecule has 0 aliphatic carbocycles. The molecule has 4 aromatic rings. The molecule has 9 heteroatoms. The highest BCUT2D eigenvalue weighted by atomic mass is 32.2. The highest BCUT2D eigenvalue weighted by Gasteiger charge is 2.15. The average Bonchev–Trinajstić information content (AvgIpc) is 3.23. The number of anilines is 1. The number of aromatic amines is 1. The molecule has 2 aromatic heterocycles. The molecule has 0 atom stereocenters. The zero-order valence-corrected chi connectivity index (χ0v) is 17.8. The first-order valence-electron chi connectivity index (χ1n) is 9.89. The number of fused-ring (bicyclic) bond motifs is 1. The molecule has 4 rings (SSSR count). The summed E-state index contributed by atoms with van der Waals surface area (Å²) in [5.41, 5.74) is 2.50. The van der Waals surface area contributed by atoms with Crippen LogP contribution in [-0.4, -0.2) is 24.3 Å². The molecule has 0 fully saturated rings. The molecule has 0 saturated carbocycles. The molecule has 1 amide bonds. The number of carbonyl (C=O) groups is 1. The predicted octanol–water partition coefficient (Wildman–Crippen LogP) is 3.50. The lowest BCUT2D eigenvalue weighted by molar-refractivity contribution is -0.120. The average molecular weight is 453 g/mol. The van der Waals surface area contributed by atoms with Gasteiger partial charge in [-0.1, -0.05) is 30.3 Å². The summed E-state index contributed by atoms with van der Waals surface area (Å²) < 4.78 is 41.5. The Morgan fingerprint density at radius 2 is 1.88 bits per heavy atom. The number of amides is 1. The van der Waals surface area contributed by atoms with E-state index in [2.05, 4.69) is 20.0 Å². The van der Waals surface area contributed by atoms with E-state index in [1.54, 1.807) is 42.7 Å². The fourth-order valence-electron chi connectivity index (χ4n) is 3.30. The SMILES string of the molecule is O=C(Cc1cc(NS(=O)(=O)Cc2ccccc2)ccc1F)NCc1cc2cc[nH]c2cn1. The van der Waals surface area contributed by atoms with Gasteiger partial charge >= 0.3 is 0 Å². The summed E-state index contributed by atoms with van der Waals surface area (Å²) in [4.78, 5) is 19.7. The minimum atomic E-state index is -3.69. The Morgan fingerprint density at radius 3 is 2.69 bits per heavy atom. The third-order valence-corrected chi connectivity index (χ3v) is 6.09. The summed E-state index contributed by atoms with van der Waals surface area (Å²) in [6, 6.07) is 16.3. The van der Waals surface area contributed by atoms with Crippen molar-refractivity contribution in [1.29, 1.82) is 0 Å². The highest BCUT2D eigenvalue weighted by Crippen LogP contribution is 2.18. The fourth-order valence-corrected chi connectivity index (χ4v) is 4.49. The smallest absolute Gasteiger partial charge is 0.236 e. The minimum Gasteiger partial charge on any atom is -0.360 e. The number of hydrogen-bond donors (Lipinski definition) is 3. The summed E-state index contributed by atoms with van der Waals surface area (Å²) in [7, 11) is -3.69. The van der Waals surface area contributed by atoms with Crippen molar-refractivity contribution in [3.63, 3.8) is 0 Å². The van der Waals surface area contributed by atoms with Gasteiger partial charge in [0.25, 0.3) is 0 Å². The van der Waals surface area contributed by atoms with Crippen LogP contribution in [0.15, 0.2) is 73.1 Å². The van der Waals surface area contributed by atoms with Gasteiger partial charge in [0.2, 0.25) is 15.9 Å². The lowest BCUT2D eigenvalue weighted by Crippen LogP contribution is -2.25. The van der Waals surface area contributed by atoms with Crippen LogP contribution in [0.3, 0.4) is 0 Å². The van der Waals surface area contributed by atoms with E-state index in [1.165, 1.54) is 12.1 Å². The Balaban J connectivity index is 1.38. The molecule has 0 unspecified atom stereocenters. The Morgan fingerprint density at radius 1 is 1.06 bits per heavy atom. The molecule has 0 aliphatic heterocycles. The number of pyridine rings is 1. The lowest BCUT2D eigenvalue weighted by Gasteiger charge is -2.11. The molecule has 0 saturated heterocycles. The van der Waals surface area contributed by atoms with Gasteiger partial charge in [-0.05, 0) is 41.5 Å². The van der Waals surface area contributed by atoms with Crippen LogP contribution in [0.4, 0.5) is 10.1 Å². The second-order valence-electron chi connectivity index (χ2n) is 7.35. The standard InChI is InChI=1S/C23H21FN4O3S/c24-21-7-6-19(28-32(30,31)15-16-4-2-1-3-5-16)11-18(21)12-23(29)27-13-20-10-17-8-9-25-22(17)14-26-20/h1-11,14,25,28H,12-13,15H2,(H,27,29). The van der Waals surface area contributed by atoms with Crippen LogP contribution < -0.4 is 10.0 Å². The van der Waals surface area contributed by atoms with Crippen LogP contribution in [0.25, 0.3) is 10.9 Å². The van der Waals surface area contributed by atoms with Gasteiger partial charge in [-0.25, -0.2) is 12.8 Å². The molecule has 0 bridgehead atoms. The fraction of sp³-hybridized carbons (Fsp3) is 0.130. The third kappa shape index (κ3) is 5.50. The number of carbonyl (C=O) groups excluding carboxylic acids is 1. The molecule has 0 radical (unpaired) electrons. The van der Waals surface area contributed by atoms with E-state index in [0.29, 0.717) is 11.3 Å². The van der Waals surface area contributed by atoms with Crippen molar-refractivity contribution >= 4 is 32.5 Å². The summed E-state index contributed by atoms with van der Waals surface area (Å²) in [6.07, 6.45) is 3.26. The first-order chi connectivity index (χ1) is 15.4. The van der Waals surface area contributed by atoms with E-state index in [-0.39, 0.29) is 30.0 Å². The van der Waals surface area contributed by atoms with Gasteiger partial charge in [-0.15, -0.1) is 0 Å². The lowest BCUT2D eigenvalue weighted by atomic mass is 10.1. The van der Waals surface area contributed by atoms with E-state index < -0.39 is 21.7 Å². The maximum Gasteiger partial charge on any atom is 0.236 e. The van der Waals surface area contributed by atoms with Crippen molar-refractivity contribution < 1.29 is 17.6 Å². The van der Waals surface area contributed by atoms with Crippen molar-refractivity contribution in [2.75, 3.05) is 4.72 Å². The van der Waals surface area contributed by atoms with Crippen LogP contribution in [0.5, 0.6) is 0 Å². The number of H-pyrrole nitrogens is 1. The Labute approximate surface area is 184 Å². The molecule has 2 aromatic carbocycles. The summed E-state index contributed by atoms with van der Waals surface area (Å²) in [5.74, 6) is -1.19. The first kappa shape index (κ1) is 21.5. The maximum absolute atomic E-state index is 14.2. The Hall–Kier alpha value is -3.72. The van der Waals surface area contributed by atoms with E-state index in [0.717, 1.165) is 17.0 Å². The Kier molecular flexibility index (Phi) is 6.18. The van der Waals surface area contributed by atoms with Gasteiger partial charge in [0.15, 0.2) is 0 Å². The second-order valence-corrected chi connectivity index (χ2v) is 9.07. The van der Waals surface area contributed by atoms with Gasteiger partial charge in [0.05, 0.1) is 36.1 Å². The van der Waals surface area contributed by atoms with Crippen LogP contribution in [0.2, 0.25) is 0 Å². The summed E-state index contributed by atoms with van der Waals surface area (Å²) in [5, 5.41) is 3.69. The van der Waals surface area contributed by atoms with E-state index in [1.807, 2.05) is 12.1 Å². The van der Waals surface area contributed by atoms with Gasteiger partial charge < -0.3 is 10.3 Å². The van der Waals surface area contributed by atoms with E-state index >= 15 is 0 Å². The third-order valence-electron chi connectivity index (χ3n) is 4.83. The van der Waals surface area contributed by atoms with Crippen molar-refractivity contribution in [3.05, 3.63) is 95.7 Å². The number of halogens is 1. The number of sulfonamides is 1. The molecule has 32 heavy (non-hydrogen) atoms. The highest BCUT2D eigenvalue weighted by molar-refractivity contribution is 7.91. The van der Waals surface area contributed by atoms with Crippen molar-refractivity contribution in [1.82, 2.24) is 15.3 Å². The van der Waals surface area contributed by atoms with Gasteiger partial charge in [0, 0.05) is 17.3 Å². The van der Waals surface area contributed by atoms with Crippen LogP contribution in [0, 0.1) is 5.82 Å². The minimum absolute atomic E-state index is 0.0939. The predicted molar refractivity (Wildman–Crippen MR) is 121 cm³/mol. The van der Waals surface area contributed by atoms with Crippen LogP contribution in [-0.2, 0) is 33.5 Å². The van der Waals surface area contributed by atoms with Gasteiger partial charge in [-0.3, -0.25) is 14.5 Å². The van der Waals surface area contributed by atoms with E-state index in [9.17, 15) is 17.6 Å². The largest absolute Gasteiger partial charge is 0.360 e. The topological polar surface area (TPSA) is 104 Å². The number of nitrogens with zero attached hydrogens (tertiary/aromatic N) is 1. The summed E-state index contributed by atoms with van der Waals surface area (Å²) in [6.45, 7) is 0.199.